The molecule has 0 bridgehead atoms. The van der Waals surface area contributed by atoms with Gasteiger partial charge in [-0.3, -0.25) is 0 Å². The Balaban J connectivity index is 2.03. The molecule has 3 rings (SSSR count). The molecule has 0 spiro atoms. The maximum Gasteiger partial charge on any atom is 0.0839 e. The third-order valence-electron chi connectivity index (χ3n) is 7.35. The molecule has 0 aromatic carbocycles. The Hall–Kier alpha value is -0.380. The number of aliphatic hydroxyl groups is 2. The average Bonchev–Trinajstić information content (AvgIpc) is 2.33. The summed E-state index contributed by atoms with van der Waals surface area (Å²) in [6, 6.07) is 0. The van der Waals surface area contributed by atoms with Crippen molar-refractivity contribution in [2.24, 2.45) is 22.7 Å². The molecule has 1 saturated heterocycles. The van der Waals surface area contributed by atoms with E-state index in [1.807, 2.05) is 6.08 Å². The van der Waals surface area contributed by atoms with Crippen molar-refractivity contribution in [1.29, 1.82) is 0 Å². The van der Waals surface area contributed by atoms with Crippen molar-refractivity contribution in [2.75, 3.05) is 0 Å². The third-order valence-corrected chi connectivity index (χ3v) is 7.35. The summed E-state index contributed by atoms with van der Waals surface area (Å²) in [7, 11) is 0. The second-order valence-corrected chi connectivity index (χ2v) is 9.83. The van der Waals surface area contributed by atoms with Gasteiger partial charge in [-0.2, -0.15) is 0 Å². The summed E-state index contributed by atoms with van der Waals surface area (Å²) >= 11 is 0. The Labute approximate surface area is 141 Å². The summed E-state index contributed by atoms with van der Waals surface area (Å²) in [6.07, 6.45) is 5.51. The van der Waals surface area contributed by atoms with Gasteiger partial charge in [0.05, 0.1) is 23.4 Å². The van der Waals surface area contributed by atoms with Gasteiger partial charge in [-0.15, -0.1) is 6.58 Å². The number of hydrogen-bond donors (Lipinski definition) is 2. The van der Waals surface area contributed by atoms with Gasteiger partial charge in [0.1, 0.15) is 0 Å². The molecular formula is C20H34O3. The van der Waals surface area contributed by atoms with Crippen LogP contribution in [0.25, 0.3) is 0 Å². The van der Waals surface area contributed by atoms with Crippen LogP contribution >= 0.6 is 0 Å². The zero-order valence-electron chi connectivity index (χ0n) is 15.4. The number of ether oxygens (including phenoxy) is 1. The highest BCUT2D eigenvalue weighted by Crippen LogP contribution is 2.65. The molecule has 3 heteroatoms. The van der Waals surface area contributed by atoms with E-state index in [-0.39, 0.29) is 40.2 Å². The predicted octanol–water partition coefficient (Wildman–Crippen LogP) is 3.68. The monoisotopic (exact) mass is 322 g/mol. The summed E-state index contributed by atoms with van der Waals surface area (Å²) in [4.78, 5) is 0. The van der Waals surface area contributed by atoms with Gasteiger partial charge in [-0.1, -0.05) is 26.8 Å². The van der Waals surface area contributed by atoms with E-state index in [4.69, 9.17) is 4.74 Å². The van der Waals surface area contributed by atoms with Crippen LogP contribution in [-0.2, 0) is 4.74 Å². The Kier molecular flexibility index (Phi) is 3.84. The van der Waals surface area contributed by atoms with Crippen LogP contribution in [0.4, 0.5) is 0 Å². The maximum absolute atomic E-state index is 11.1. The molecule has 0 radical (unpaired) electrons. The van der Waals surface area contributed by atoms with Crippen molar-refractivity contribution in [3.63, 3.8) is 0 Å². The van der Waals surface area contributed by atoms with Gasteiger partial charge in [0.2, 0.25) is 0 Å². The van der Waals surface area contributed by atoms with E-state index >= 15 is 0 Å². The first-order valence-electron chi connectivity index (χ1n) is 9.16. The highest BCUT2D eigenvalue weighted by Gasteiger charge is 2.65. The minimum absolute atomic E-state index is 0.0493. The van der Waals surface area contributed by atoms with Gasteiger partial charge in [0.25, 0.3) is 0 Å². The number of hydrogen-bond acceptors (Lipinski definition) is 3. The zero-order chi connectivity index (χ0) is 17.3. The van der Waals surface area contributed by atoms with E-state index in [1.165, 1.54) is 0 Å². The molecule has 3 nitrogen and oxygen atoms in total. The number of aliphatic hydroxyl groups excluding tert-OH is 2. The van der Waals surface area contributed by atoms with Gasteiger partial charge in [0.15, 0.2) is 0 Å². The molecule has 2 aliphatic carbocycles. The van der Waals surface area contributed by atoms with Crippen LogP contribution < -0.4 is 0 Å². The summed E-state index contributed by atoms with van der Waals surface area (Å²) in [5.41, 5.74) is -0.793. The van der Waals surface area contributed by atoms with E-state index in [0.29, 0.717) is 12.3 Å². The Morgan fingerprint density at radius 1 is 1.04 bits per heavy atom. The number of fused-ring (bicyclic) bond motifs is 3. The predicted molar refractivity (Wildman–Crippen MR) is 92.1 cm³/mol. The molecule has 2 N–H and O–H groups in total. The van der Waals surface area contributed by atoms with Crippen molar-refractivity contribution in [3.05, 3.63) is 12.7 Å². The molecule has 23 heavy (non-hydrogen) atoms. The topological polar surface area (TPSA) is 49.7 Å². The van der Waals surface area contributed by atoms with Crippen LogP contribution in [0.5, 0.6) is 0 Å². The SMILES string of the molecule is C=C[C@@]1(C)CC[C@@H]2[C@](C)(C[C@@H](O)C3C(C)(C)C[C@@H](O)C[C@]32C)O1. The smallest absolute Gasteiger partial charge is 0.0839 e. The molecule has 1 unspecified atom stereocenters. The Bertz CT molecular complexity index is 501. The molecule has 3 fully saturated rings. The fourth-order valence-electron chi connectivity index (χ4n) is 6.93. The molecular weight excluding hydrogens is 288 g/mol. The molecule has 0 aromatic heterocycles. The van der Waals surface area contributed by atoms with Crippen LogP contribution in [0.15, 0.2) is 12.7 Å². The van der Waals surface area contributed by atoms with Crippen molar-refractivity contribution >= 4 is 0 Å². The molecule has 1 aliphatic heterocycles. The van der Waals surface area contributed by atoms with Gasteiger partial charge >= 0.3 is 0 Å². The first-order chi connectivity index (χ1) is 10.5. The fourth-order valence-corrected chi connectivity index (χ4v) is 6.93. The highest BCUT2D eigenvalue weighted by molar-refractivity contribution is 5.15. The lowest BCUT2D eigenvalue weighted by Crippen LogP contribution is -2.67. The van der Waals surface area contributed by atoms with Crippen LogP contribution in [0.2, 0.25) is 0 Å². The molecule has 7 atom stereocenters. The zero-order valence-corrected chi connectivity index (χ0v) is 15.4. The van der Waals surface area contributed by atoms with Crippen LogP contribution in [0.3, 0.4) is 0 Å². The lowest BCUT2D eigenvalue weighted by atomic mass is 9.43. The van der Waals surface area contributed by atoms with E-state index in [2.05, 4.69) is 41.2 Å². The minimum atomic E-state index is -0.379. The second kappa shape index (κ2) is 5.06. The van der Waals surface area contributed by atoms with Crippen molar-refractivity contribution in [1.82, 2.24) is 0 Å². The van der Waals surface area contributed by atoms with E-state index in [1.54, 1.807) is 0 Å². The van der Waals surface area contributed by atoms with Crippen molar-refractivity contribution in [3.8, 4) is 0 Å². The quantitative estimate of drug-likeness (QED) is 0.724. The average molecular weight is 322 g/mol. The largest absolute Gasteiger partial charge is 0.393 e. The molecule has 0 aromatic rings. The Morgan fingerprint density at radius 3 is 2.30 bits per heavy atom. The van der Waals surface area contributed by atoms with Crippen LogP contribution in [-0.4, -0.2) is 33.6 Å². The fraction of sp³-hybridized carbons (Fsp3) is 0.900. The molecule has 3 aliphatic rings. The summed E-state index contributed by atoms with van der Waals surface area (Å²) in [5, 5.41) is 21.6. The number of rotatable bonds is 1. The van der Waals surface area contributed by atoms with Gasteiger partial charge in [0, 0.05) is 6.42 Å². The highest BCUT2D eigenvalue weighted by atomic mass is 16.5. The second-order valence-electron chi connectivity index (χ2n) is 9.83. The third kappa shape index (κ3) is 2.51. The van der Waals surface area contributed by atoms with Gasteiger partial charge in [-0.25, -0.2) is 0 Å². The molecule has 1 heterocycles. The van der Waals surface area contributed by atoms with Gasteiger partial charge in [-0.05, 0) is 62.2 Å². The lowest BCUT2D eigenvalue weighted by molar-refractivity contribution is -0.284. The normalized spacial score (nSPS) is 55.6. The summed E-state index contributed by atoms with van der Waals surface area (Å²) in [6.45, 7) is 14.9. The summed E-state index contributed by atoms with van der Waals surface area (Å²) < 4.78 is 6.54. The minimum Gasteiger partial charge on any atom is -0.393 e. The van der Waals surface area contributed by atoms with E-state index in [9.17, 15) is 10.2 Å². The standard InChI is InChI=1S/C20H34O3/c1-7-18(4)9-8-15-19(5)11-13(21)10-17(2,3)16(19)14(22)12-20(15,6)23-18/h7,13-16,21-22H,1,8-12H2,2-6H3/t13-,14-,15+,16?,18+,19+,20+/m1/s1. The molecule has 2 saturated carbocycles. The molecule has 132 valence electrons. The molecule has 0 amide bonds. The van der Waals surface area contributed by atoms with Crippen LogP contribution in [0, 0.1) is 22.7 Å². The summed E-state index contributed by atoms with van der Waals surface area (Å²) in [5.74, 6) is 0.582. The lowest BCUT2D eigenvalue weighted by Gasteiger charge is -2.66. The Morgan fingerprint density at radius 2 is 1.70 bits per heavy atom. The van der Waals surface area contributed by atoms with Crippen LogP contribution in [0.1, 0.15) is 66.7 Å². The first kappa shape index (κ1) is 17.4. The van der Waals surface area contributed by atoms with Crippen molar-refractivity contribution in [2.45, 2.75) is 90.1 Å². The maximum atomic E-state index is 11.1. The van der Waals surface area contributed by atoms with E-state index < -0.39 is 0 Å². The first-order valence-corrected chi connectivity index (χ1v) is 9.16. The van der Waals surface area contributed by atoms with Crippen molar-refractivity contribution < 1.29 is 14.9 Å². The van der Waals surface area contributed by atoms with E-state index in [0.717, 1.165) is 25.7 Å². The van der Waals surface area contributed by atoms with Gasteiger partial charge < -0.3 is 14.9 Å².